The molecule has 6 nitrogen and oxygen atoms in total. The average Bonchev–Trinajstić information content (AvgIpc) is 3.34. The van der Waals surface area contributed by atoms with Crippen molar-refractivity contribution in [1.29, 1.82) is 0 Å². The molecule has 5 aromatic rings. The maximum Gasteiger partial charge on any atom is 0.417 e. The molecule has 0 atom stereocenters. The molecule has 0 bridgehead atoms. The molecular weight excluding hydrogens is 529 g/mol. The summed E-state index contributed by atoms with van der Waals surface area (Å²) in [5, 5.41) is 5.75. The van der Waals surface area contributed by atoms with Crippen LogP contribution < -0.4 is 10.6 Å². The summed E-state index contributed by atoms with van der Waals surface area (Å²) in [6, 6.07) is 20.7. The van der Waals surface area contributed by atoms with Crippen LogP contribution in [0.4, 0.5) is 24.7 Å². The summed E-state index contributed by atoms with van der Waals surface area (Å²) in [5.74, 6) is -0.550. The fourth-order valence-corrected chi connectivity index (χ4v) is 4.46. The molecule has 0 saturated carbocycles. The van der Waals surface area contributed by atoms with Crippen molar-refractivity contribution in [3.8, 4) is 5.69 Å². The second kappa shape index (κ2) is 10.3. The number of rotatable bonds is 5. The van der Waals surface area contributed by atoms with E-state index in [1.807, 2.05) is 35.9 Å². The summed E-state index contributed by atoms with van der Waals surface area (Å²) in [6.07, 6.45) is -1.23. The van der Waals surface area contributed by atoms with Gasteiger partial charge >= 0.3 is 6.18 Å². The molecule has 0 aliphatic carbocycles. The molecule has 39 heavy (non-hydrogen) atoms. The van der Waals surface area contributed by atoms with Crippen LogP contribution in [0.25, 0.3) is 16.6 Å². The first-order valence-electron chi connectivity index (χ1n) is 11.7. The largest absolute Gasteiger partial charge is 0.417 e. The molecular formula is C29H20ClF3N4O2. The predicted octanol–water partition coefficient (Wildman–Crippen LogP) is 7.51. The molecule has 2 N–H and O–H groups in total. The minimum absolute atomic E-state index is 0.164. The van der Waals surface area contributed by atoms with Gasteiger partial charge in [-0.15, -0.1) is 0 Å². The van der Waals surface area contributed by atoms with Crippen molar-refractivity contribution >= 4 is 45.8 Å². The maximum atomic E-state index is 13.2. The summed E-state index contributed by atoms with van der Waals surface area (Å²) in [6.45, 7) is 1.85. The van der Waals surface area contributed by atoms with Crippen LogP contribution in [-0.2, 0) is 6.18 Å². The molecule has 2 heterocycles. The number of carbonyl (C=O) groups is 2. The third-order valence-corrected chi connectivity index (χ3v) is 6.46. The van der Waals surface area contributed by atoms with E-state index in [4.69, 9.17) is 11.6 Å². The smallest absolute Gasteiger partial charge is 0.322 e. The molecule has 0 saturated heterocycles. The number of benzene rings is 3. The zero-order valence-corrected chi connectivity index (χ0v) is 21.1. The zero-order valence-electron chi connectivity index (χ0n) is 20.4. The van der Waals surface area contributed by atoms with Crippen molar-refractivity contribution in [3.63, 3.8) is 0 Å². The van der Waals surface area contributed by atoms with Crippen molar-refractivity contribution in [1.82, 2.24) is 9.55 Å². The summed E-state index contributed by atoms with van der Waals surface area (Å²) in [4.78, 5) is 29.6. The summed E-state index contributed by atoms with van der Waals surface area (Å²) < 4.78 is 41.5. The lowest BCUT2D eigenvalue weighted by molar-refractivity contribution is -0.137. The van der Waals surface area contributed by atoms with Crippen molar-refractivity contribution < 1.29 is 22.8 Å². The number of nitrogens with zero attached hydrogens (tertiary/aromatic N) is 2. The minimum atomic E-state index is -4.68. The lowest BCUT2D eigenvalue weighted by Crippen LogP contribution is -2.14. The van der Waals surface area contributed by atoms with Gasteiger partial charge in [-0.1, -0.05) is 29.8 Å². The highest BCUT2D eigenvalue weighted by Gasteiger charge is 2.33. The Morgan fingerprint density at radius 3 is 2.33 bits per heavy atom. The zero-order chi connectivity index (χ0) is 27.7. The highest BCUT2D eigenvalue weighted by atomic mass is 35.5. The summed E-state index contributed by atoms with van der Waals surface area (Å²) in [5.41, 5.74) is 2.09. The van der Waals surface area contributed by atoms with Gasteiger partial charge in [0.05, 0.1) is 16.1 Å². The average molecular weight is 549 g/mol. The standard InChI is InChI=1S/C29H20ClF3N4O2/c1-17-15-20(35-28(39)19-7-9-23(30)22(16-19)29(31,32)33)8-10-24(17)37-14-12-21-25(37)11-13-34-26(21)36-27(38)18-5-3-2-4-6-18/h2-16H,1H3,(H,35,39)(H,34,36,38). The third kappa shape index (κ3) is 5.35. The number of aromatic nitrogens is 2. The number of hydrogen-bond donors (Lipinski definition) is 2. The fraction of sp³-hybridized carbons (Fsp3) is 0.0690. The minimum Gasteiger partial charge on any atom is -0.322 e. The number of anilines is 2. The van der Waals surface area contributed by atoms with E-state index in [9.17, 15) is 22.8 Å². The number of aryl methyl sites for hydroxylation is 1. The van der Waals surface area contributed by atoms with Crippen LogP contribution in [0, 0.1) is 6.92 Å². The summed E-state index contributed by atoms with van der Waals surface area (Å²) in [7, 11) is 0. The topological polar surface area (TPSA) is 76.0 Å². The molecule has 196 valence electrons. The number of nitrogens with one attached hydrogen (secondary N) is 2. The number of hydrogen-bond acceptors (Lipinski definition) is 3. The molecule has 0 aliphatic heterocycles. The van der Waals surface area contributed by atoms with Crippen molar-refractivity contribution in [3.05, 3.63) is 119 Å². The van der Waals surface area contributed by atoms with Gasteiger partial charge in [-0.2, -0.15) is 13.2 Å². The molecule has 10 heteroatoms. The molecule has 0 spiro atoms. The first kappa shape index (κ1) is 26.0. The Kier molecular flexibility index (Phi) is 6.84. The van der Waals surface area contributed by atoms with Crippen LogP contribution >= 0.6 is 11.6 Å². The van der Waals surface area contributed by atoms with Gasteiger partial charge in [0.25, 0.3) is 11.8 Å². The molecule has 0 radical (unpaired) electrons. The Bertz CT molecular complexity index is 1720. The lowest BCUT2D eigenvalue weighted by Gasteiger charge is -2.14. The van der Waals surface area contributed by atoms with Crippen LogP contribution in [0.3, 0.4) is 0 Å². The van der Waals surface area contributed by atoms with Gasteiger partial charge in [0.1, 0.15) is 5.82 Å². The second-order valence-electron chi connectivity index (χ2n) is 8.75. The van der Waals surface area contributed by atoms with E-state index in [-0.39, 0.29) is 11.5 Å². The third-order valence-electron chi connectivity index (χ3n) is 6.13. The first-order valence-corrected chi connectivity index (χ1v) is 12.1. The van der Waals surface area contributed by atoms with Crippen LogP contribution in [0.1, 0.15) is 31.8 Å². The Labute approximate surface area is 226 Å². The van der Waals surface area contributed by atoms with Gasteiger partial charge in [0.2, 0.25) is 0 Å². The molecule has 3 aromatic carbocycles. The Hall–Kier alpha value is -4.63. The normalized spacial score (nSPS) is 11.4. The maximum absolute atomic E-state index is 13.2. The Balaban J connectivity index is 1.39. The SMILES string of the molecule is Cc1cc(NC(=O)c2ccc(Cl)c(C(F)(F)F)c2)ccc1-n1ccc2c(NC(=O)c3ccccc3)nccc21. The van der Waals surface area contributed by atoms with Crippen molar-refractivity contribution in [2.24, 2.45) is 0 Å². The van der Waals surface area contributed by atoms with Crippen LogP contribution in [0.5, 0.6) is 0 Å². The van der Waals surface area contributed by atoms with Gasteiger partial charge in [-0.25, -0.2) is 4.98 Å². The Morgan fingerprint density at radius 1 is 0.872 bits per heavy atom. The van der Waals surface area contributed by atoms with E-state index in [1.165, 1.54) is 6.07 Å². The summed E-state index contributed by atoms with van der Waals surface area (Å²) >= 11 is 5.66. The van der Waals surface area contributed by atoms with Gasteiger partial charge in [-0.05, 0) is 73.2 Å². The number of fused-ring (bicyclic) bond motifs is 1. The number of alkyl halides is 3. The number of amides is 2. The van der Waals surface area contributed by atoms with Crippen LogP contribution in [0.15, 0.2) is 91.3 Å². The Morgan fingerprint density at radius 2 is 1.62 bits per heavy atom. The monoisotopic (exact) mass is 548 g/mol. The molecule has 2 amide bonds. The first-order chi connectivity index (χ1) is 18.6. The number of pyridine rings is 1. The molecule has 0 aliphatic rings. The van der Waals surface area contributed by atoms with E-state index in [0.29, 0.717) is 17.1 Å². The van der Waals surface area contributed by atoms with Crippen LogP contribution in [0.2, 0.25) is 5.02 Å². The molecule has 0 unspecified atom stereocenters. The predicted molar refractivity (Wildman–Crippen MR) is 145 cm³/mol. The van der Waals surface area contributed by atoms with Crippen molar-refractivity contribution in [2.75, 3.05) is 10.6 Å². The fourth-order valence-electron chi connectivity index (χ4n) is 4.24. The van der Waals surface area contributed by atoms with Gasteiger partial charge in [0, 0.05) is 40.3 Å². The number of carbonyl (C=O) groups excluding carboxylic acids is 2. The van der Waals surface area contributed by atoms with Crippen LogP contribution in [-0.4, -0.2) is 21.4 Å². The molecule has 2 aromatic heterocycles. The molecule has 5 rings (SSSR count). The van der Waals surface area contributed by atoms with E-state index in [1.54, 1.807) is 48.7 Å². The van der Waals surface area contributed by atoms with E-state index >= 15 is 0 Å². The van der Waals surface area contributed by atoms with E-state index in [0.717, 1.165) is 34.3 Å². The molecule has 0 fully saturated rings. The highest BCUT2D eigenvalue weighted by Crippen LogP contribution is 2.35. The highest BCUT2D eigenvalue weighted by molar-refractivity contribution is 6.31. The van der Waals surface area contributed by atoms with Crippen molar-refractivity contribution in [2.45, 2.75) is 13.1 Å². The second-order valence-corrected chi connectivity index (χ2v) is 9.15. The van der Waals surface area contributed by atoms with E-state index < -0.39 is 22.7 Å². The lowest BCUT2D eigenvalue weighted by atomic mass is 10.1. The number of halogens is 4. The quantitative estimate of drug-likeness (QED) is 0.239. The van der Waals surface area contributed by atoms with Gasteiger partial charge in [-0.3, -0.25) is 9.59 Å². The van der Waals surface area contributed by atoms with Gasteiger partial charge in [0.15, 0.2) is 0 Å². The van der Waals surface area contributed by atoms with Gasteiger partial charge < -0.3 is 15.2 Å². The van der Waals surface area contributed by atoms with E-state index in [2.05, 4.69) is 15.6 Å².